The van der Waals surface area contributed by atoms with Crippen molar-refractivity contribution in [2.75, 3.05) is 5.32 Å². The number of nitrogens with one attached hydrogen (secondary N) is 1. The fraction of sp³-hybridized carbons (Fsp3) is 0.188. The van der Waals surface area contributed by atoms with Gasteiger partial charge in [0.2, 0.25) is 0 Å². The monoisotopic (exact) mass is 284 g/mol. The Labute approximate surface area is 122 Å². The quantitative estimate of drug-likeness (QED) is 0.520. The lowest BCUT2D eigenvalue weighted by atomic mass is 10.1. The van der Waals surface area contributed by atoms with Gasteiger partial charge in [0.15, 0.2) is 5.78 Å². The van der Waals surface area contributed by atoms with Gasteiger partial charge in [-0.2, -0.15) is 0 Å². The SMILES string of the molecule is CC(=O)c1ccc(Nc2ccc(C)cc2C)c([N+](=O)[O-])c1. The number of anilines is 2. The topological polar surface area (TPSA) is 72.2 Å². The molecule has 21 heavy (non-hydrogen) atoms. The minimum Gasteiger partial charge on any atom is -0.350 e. The number of ketones is 1. The molecule has 5 heteroatoms. The molecule has 0 saturated carbocycles. The fourth-order valence-corrected chi connectivity index (χ4v) is 2.11. The molecule has 0 radical (unpaired) electrons. The molecule has 0 saturated heterocycles. The highest BCUT2D eigenvalue weighted by Crippen LogP contribution is 2.30. The molecule has 108 valence electrons. The lowest BCUT2D eigenvalue weighted by Crippen LogP contribution is -2.01. The van der Waals surface area contributed by atoms with Crippen molar-refractivity contribution >= 4 is 22.8 Å². The van der Waals surface area contributed by atoms with Crippen LogP contribution in [0.5, 0.6) is 0 Å². The Balaban J connectivity index is 2.44. The molecule has 1 N–H and O–H groups in total. The molecule has 0 fully saturated rings. The first-order chi connectivity index (χ1) is 9.88. The number of aryl methyl sites for hydroxylation is 2. The summed E-state index contributed by atoms with van der Waals surface area (Å²) in [4.78, 5) is 22.0. The molecule has 0 atom stereocenters. The summed E-state index contributed by atoms with van der Waals surface area (Å²) >= 11 is 0. The average molecular weight is 284 g/mol. The van der Waals surface area contributed by atoms with E-state index >= 15 is 0 Å². The summed E-state index contributed by atoms with van der Waals surface area (Å²) in [6.07, 6.45) is 0. The molecule has 2 aromatic carbocycles. The van der Waals surface area contributed by atoms with Crippen LogP contribution in [0.4, 0.5) is 17.1 Å². The molecule has 0 heterocycles. The minimum absolute atomic E-state index is 0.109. The first kappa shape index (κ1) is 14.7. The Morgan fingerprint density at radius 1 is 1.10 bits per heavy atom. The molecule has 2 rings (SSSR count). The van der Waals surface area contributed by atoms with Gasteiger partial charge in [-0.25, -0.2) is 0 Å². The van der Waals surface area contributed by atoms with E-state index in [1.807, 2.05) is 32.0 Å². The zero-order valence-electron chi connectivity index (χ0n) is 12.1. The Morgan fingerprint density at radius 2 is 1.76 bits per heavy atom. The highest BCUT2D eigenvalue weighted by molar-refractivity contribution is 5.95. The molecule has 5 nitrogen and oxygen atoms in total. The average Bonchev–Trinajstić information content (AvgIpc) is 2.41. The van der Waals surface area contributed by atoms with Crippen molar-refractivity contribution in [1.29, 1.82) is 0 Å². The Hall–Kier alpha value is -2.69. The van der Waals surface area contributed by atoms with Gasteiger partial charge in [-0.1, -0.05) is 17.7 Å². The van der Waals surface area contributed by atoms with Gasteiger partial charge < -0.3 is 5.32 Å². The van der Waals surface area contributed by atoms with E-state index in [0.717, 1.165) is 16.8 Å². The largest absolute Gasteiger partial charge is 0.350 e. The van der Waals surface area contributed by atoms with Gasteiger partial charge in [-0.3, -0.25) is 14.9 Å². The van der Waals surface area contributed by atoms with Crippen LogP contribution < -0.4 is 5.32 Å². The van der Waals surface area contributed by atoms with Crippen molar-refractivity contribution < 1.29 is 9.72 Å². The summed E-state index contributed by atoms with van der Waals surface area (Å²) < 4.78 is 0. The maximum atomic E-state index is 11.3. The van der Waals surface area contributed by atoms with E-state index in [9.17, 15) is 14.9 Å². The molecule has 0 aromatic heterocycles. The van der Waals surface area contributed by atoms with Crippen LogP contribution in [0.15, 0.2) is 36.4 Å². The summed E-state index contributed by atoms with van der Waals surface area (Å²) in [5.74, 6) is -0.198. The van der Waals surface area contributed by atoms with E-state index in [0.29, 0.717) is 11.3 Å². The number of hydrogen-bond donors (Lipinski definition) is 1. The molecule has 0 aliphatic carbocycles. The third-order valence-corrected chi connectivity index (χ3v) is 3.25. The van der Waals surface area contributed by atoms with Crippen LogP contribution in [0.25, 0.3) is 0 Å². The molecular formula is C16H16N2O3. The number of carbonyl (C=O) groups excluding carboxylic acids is 1. The zero-order valence-corrected chi connectivity index (χ0v) is 12.1. The first-order valence-electron chi connectivity index (χ1n) is 6.52. The maximum Gasteiger partial charge on any atom is 0.293 e. The van der Waals surface area contributed by atoms with Gasteiger partial charge in [0.05, 0.1) is 4.92 Å². The van der Waals surface area contributed by atoms with Gasteiger partial charge in [0, 0.05) is 17.3 Å². The van der Waals surface area contributed by atoms with E-state index < -0.39 is 4.92 Å². The normalized spacial score (nSPS) is 10.2. The third-order valence-electron chi connectivity index (χ3n) is 3.25. The lowest BCUT2D eigenvalue weighted by molar-refractivity contribution is -0.383. The highest BCUT2D eigenvalue weighted by atomic mass is 16.6. The van der Waals surface area contributed by atoms with Crippen molar-refractivity contribution in [3.05, 3.63) is 63.2 Å². The molecule has 0 spiro atoms. The second-order valence-corrected chi connectivity index (χ2v) is 4.99. The maximum absolute atomic E-state index is 11.3. The number of rotatable bonds is 4. The summed E-state index contributed by atoms with van der Waals surface area (Å²) in [5, 5.41) is 14.2. The number of nitro groups is 1. The van der Waals surface area contributed by atoms with Crippen molar-refractivity contribution in [1.82, 2.24) is 0 Å². The van der Waals surface area contributed by atoms with Crippen LogP contribution in [0.2, 0.25) is 0 Å². The van der Waals surface area contributed by atoms with E-state index in [1.54, 1.807) is 12.1 Å². The van der Waals surface area contributed by atoms with E-state index in [-0.39, 0.29) is 11.5 Å². The lowest BCUT2D eigenvalue weighted by Gasteiger charge is -2.11. The van der Waals surface area contributed by atoms with E-state index in [4.69, 9.17) is 0 Å². The van der Waals surface area contributed by atoms with Crippen LogP contribution >= 0.6 is 0 Å². The summed E-state index contributed by atoms with van der Waals surface area (Å²) in [7, 11) is 0. The summed E-state index contributed by atoms with van der Waals surface area (Å²) in [5.41, 5.74) is 3.52. The first-order valence-corrected chi connectivity index (χ1v) is 6.52. The molecule has 0 aliphatic rings. The zero-order chi connectivity index (χ0) is 15.6. The van der Waals surface area contributed by atoms with E-state index in [1.165, 1.54) is 13.0 Å². The van der Waals surface area contributed by atoms with Gasteiger partial charge in [0.1, 0.15) is 5.69 Å². The van der Waals surface area contributed by atoms with Gasteiger partial charge in [0.25, 0.3) is 5.69 Å². The van der Waals surface area contributed by atoms with Crippen LogP contribution in [-0.4, -0.2) is 10.7 Å². The molecule has 0 aliphatic heterocycles. The number of nitro benzene ring substituents is 1. The van der Waals surface area contributed by atoms with Crippen LogP contribution in [-0.2, 0) is 0 Å². The smallest absolute Gasteiger partial charge is 0.293 e. The van der Waals surface area contributed by atoms with Crippen molar-refractivity contribution in [3.8, 4) is 0 Å². The molecule has 0 amide bonds. The number of nitrogens with zero attached hydrogens (tertiary/aromatic N) is 1. The second kappa shape index (κ2) is 5.75. The van der Waals surface area contributed by atoms with Crippen LogP contribution in [0.3, 0.4) is 0 Å². The van der Waals surface area contributed by atoms with Crippen LogP contribution in [0, 0.1) is 24.0 Å². The third kappa shape index (κ3) is 3.25. The van der Waals surface area contributed by atoms with E-state index in [2.05, 4.69) is 5.32 Å². The Bertz CT molecular complexity index is 723. The minimum atomic E-state index is -0.488. The molecule has 2 aromatic rings. The Morgan fingerprint density at radius 3 is 2.33 bits per heavy atom. The fourth-order valence-electron chi connectivity index (χ4n) is 2.11. The molecule has 0 unspecified atom stereocenters. The number of benzene rings is 2. The number of Topliss-reactive ketones (excluding diaryl/α,β-unsaturated/α-hetero) is 1. The van der Waals surface area contributed by atoms with Gasteiger partial charge in [-0.15, -0.1) is 0 Å². The predicted molar refractivity (Wildman–Crippen MR) is 82.3 cm³/mol. The summed E-state index contributed by atoms with van der Waals surface area (Å²) in [6, 6.07) is 10.3. The molecular weight excluding hydrogens is 268 g/mol. The van der Waals surface area contributed by atoms with Crippen molar-refractivity contribution in [2.24, 2.45) is 0 Å². The van der Waals surface area contributed by atoms with Crippen LogP contribution in [0.1, 0.15) is 28.4 Å². The van der Waals surface area contributed by atoms with Crippen molar-refractivity contribution in [2.45, 2.75) is 20.8 Å². The highest BCUT2D eigenvalue weighted by Gasteiger charge is 2.16. The van der Waals surface area contributed by atoms with Gasteiger partial charge in [-0.05, 0) is 44.5 Å². The number of carbonyl (C=O) groups is 1. The second-order valence-electron chi connectivity index (χ2n) is 4.99. The Kier molecular flexibility index (Phi) is 4.03. The van der Waals surface area contributed by atoms with Gasteiger partial charge >= 0.3 is 0 Å². The predicted octanol–water partition coefficient (Wildman–Crippen LogP) is 4.16. The summed E-state index contributed by atoms with van der Waals surface area (Å²) in [6.45, 7) is 5.31. The number of hydrogen-bond acceptors (Lipinski definition) is 4. The standard InChI is InChI=1S/C16H16N2O3/c1-10-4-6-14(11(2)8-10)17-15-7-5-13(12(3)19)9-16(15)18(20)21/h4-9,17H,1-3H3. The van der Waals surface area contributed by atoms with Crippen molar-refractivity contribution in [3.63, 3.8) is 0 Å². The molecule has 0 bridgehead atoms.